The van der Waals surface area contributed by atoms with Gasteiger partial charge < -0.3 is 15.0 Å². The quantitative estimate of drug-likeness (QED) is 0.727. The van der Waals surface area contributed by atoms with Crippen LogP contribution >= 0.6 is 0 Å². The Labute approximate surface area is 161 Å². The number of hydrogen-bond acceptors (Lipinski definition) is 6. The molecule has 9 heteroatoms. The fraction of sp³-hybridized carbons (Fsp3) is 0.368. The topological polar surface area (TPSA) is 84.7 Å². The monoisotopic (exact) mass is 384 g/mol. The third kappa shape index (κ3) is 3.12. The number of ether oxygens (including phenoxy) is 1. The molecule has 28 heavy (non-hydrogen) atoms. The van der Waals surface area contributed by atoms with E-state index in [0.717, 1.165) is 24.9 Å². The van der Waals surface area contributed by atoms with E-state index in [2.05, 4.69) is 20.4 Å². The minimum absolute atomic E-state index is 0.107. The summed E-state index contributed by atoms with van der Waals surface area (Å²) in [6, 6.07) is 4.41. The first-order chi connectivity index (χ1) is 13.6. The molecule has 0 saturated carbocycles. The Bertz CT molecular complexity index is 1020. The molecule has 1 saturated heterocycles. The summed E-state index contributed by atoms with van der Waals surface area (Å²) in [4.78, 5) is 23.3. The summed E-state index contributed by atoms with van der Waals surface area (Å²) >= 11 is 0. The average Bonchev–Trinajstić information content (AvgIpc) is 3.34. The summed E-state index contributed by atoms with van der Waals surface area (Å²) in [5.41, 5.74) is 1.60. The van der Waals surface area contributed by atoms with Crippen molar-refractivity contribution in [1.82, 2.24) is 24.9 Å². The Morgan fingerprint density at radius 1 is 1.43 bits per heavy atom. The third-order valence-corrected chi connectivity index (χ3v) is 4.90. The Hall–Kier alpha value is -3.23. The number of hydrogen-bond donors (Lipinski definition) is 1. The van der Waals surface area contributed by atoms with E-state index in [1.54, 1.807) is 19.5 Å². The molecule has 1 aromatic carbocycles. The SMILES string of the molecule is CCNC(=O)c1cnn2cnc(N3CCC[C@@H]3c3cc(F)ccc3OC)nc12. The van der Waals surface area contributed by atoms with Crippen molar-refractivity contribution in [1.29, 1.82) is 0 Å². The molecule has 1 fully saturated rings. The summed E-state index contributed by atoms with van der Waals surface area (Å²) in [6.45, 7) is 3.10. The summed E-state index contributed by atoms with van der Waals surface area (Å²) < 4.78 is 20.8. The lowest BCUT2D eigenvalue weighted by molar-refractivity contribution is 0.0957. The number of benzene rings is 1. The Morgan fingerprint density at radius 2 is 2.29 bits per heavy atom. The molecule has 0 radical (unpaired) electrons. The zero-order chi connectivity index (χ0) is 19.7. The number of amides is 1. The Kier molecular flexibility index (Phi) is 4.81. The minimum Gasteiger partial charge on any atom is -0.496 e. The number of fused-ring (bicyclic) bond motifs is 1. The molecule has 0 unspecified atom stereocenters. The lowest BCUT2D eigenvalue weighted by Crippen LogP contribution is -2.26. The van der Waals surface area contributed by atoms with E-state index < -0.39 is 0 Å². The first kappa shape index (κ1) is 18.1. The van der Waals surface area contributed by atoms with Crippen molar-refractivity contribution >= 4 is 17.5 Å². The lowest BCUT2D eigenvalue weighted by Gasteiger charge is -2.26. The summed E-state index contributed by atoms with van der Waals surface area (Å²) in [7, 11) is 1.57. The van der Waals surface area contributed by atoms with Gasteiger partial charge in [0.15, 0.2) is 5.65 Å². The van der Waals surface area contributed by atoms with Crippen molar-refractivity contribution in [2.75, 3.05) is 25.1 Å². The maximum Gasteiger partial charge on any atom is 0.256 e. The van der Waals surface area contributed by atoms with Gasteiger partial charge >= 0.3 is 0 Å². The largest absolute Gasteiger partial charge is 0.496 e. The number of aromatic nitrogens is 4. The van der Waals surface area contributed by atoms with E-state index in [0.29, 0.717) is 29.5 Å². The lowest BCUT2D eigenvalue weighted by atomic mass is 10.0. The van der Waals surface area contributed by atoms with Gasteiger partial charge in [0, 0.05) is 18.7 Å². The molecular weight excluding hydrogens is 363 g/mol. The third-order valence-electron chi connectivity index (χ3n) is 4.90. The van der Waals surface area contributed by atoms with Crippen LogP contribution in [0.2, 0.25) is 0 Å². The highest BCUT2D eigenvalue weighted by Gasteiger charge is 2.31. The molecular formula is C19H21FN6O2. The molecule has 1 aliphatic heterocycles. The molecule has 3 aromatic rings. The first-order valence-corrected chi connectivity index (χ1v) is 9.21. The van der Waals surface area contributed by atoms with Crippen LogP contribution in [-0.4, -0.2) is 45.7 Å². The van der Waals surface area contributed by atoms with Gasteiger partial charge in [0.25, 0.3) is 5.91 Å². The van der Waals surface area contributed by atoms with Crippen LogP contribution in [0.25, 0.3) is 5.65 Å². The Balaban J connectivity index is 1.74. The highest BCUT2D eigenvalue weighted by molar-refractivity contribution is 5.99. The van der Waals surface area contributed by atoms with Crippen molar-refractivity contribution in [3.05, 3.63) is 47.7 Å². The van der Waals surface area contributed by atoms with Gasteiger partial charge in [-0.25, -0.2) is 13.9 Å². The second-order valence-electron chi connectivity index (χ2n) is 6.58. The van der Waals surface area contributed by atoms with Crippen LogP contribution in [0.5, 0.6) is 5.75 Å². The smallest absolute Gasteiger partial charge is 0.256 e. The second-order valence-corrected chi connectivity index (χ2v) is 6.58. The van der Waals surface area contributed by atoms with E-state index in [1.165, 1.54) is 22.8 Å². The minimum atomic E-state index is -0.312. The van der Waals surface area contributed by atoms with Gasteiger partial charge in [-0.05, 0) is 38.0 Å². The van der Waals surface area contributed by atoms with Crippen LogP contribution in [0.4, 0.5) is 10.3 Å². The molecule has 0 spiro atoms. The van der Waals surface area contributed by atoms with Gasteiger partial charge in [-0.3, -0.25) is 4.79 Å². The van der Waals surface area contributed by atoms with Crippen LogP contribution in [0.3, 0.4) is 0 Å². The molecule has 146 valence electrons. The molecule has 0 aliphatic carbocycles. The fourth-order valence-electron chi connectivity index (χ4n) is 3.63. The number of methoxy groups -OCH3 is 1. The number of carbonyl (C=O) groups excluding carboxylic acids is 1. The zero-order valence-electron chi connectivity index (χ0n) is 15.7. The molecule has 4 rings (SSSR count). The number of carbonyl (C=O) groups is 1. The van der Waals surface area contributed by atoms with Crippen LogP contribution in [-0.2, 0) is 0 Å². The molecule has 8 nitrogen and oxygen atoms in total. The normalized spacial score (nSPS) is 16.5. The maximum absolute atomic E-state index is 13.9. The van der Waals surface area contributed by atoms with Crippen molar-refractivity contribution in [3.8, 4) is 5.75 Å². The van der Waals surface area contributed by atoms with Crippen molar-refractivity contribution in [2.24, 2.45) is 0 Å². The number of halogens is 1. The molecule has 2 aromatic heterocycles. The zero-order valence-corrected chi connectivity index (χ0v) is 15.7. The highest BCUT2D eigenvalue weighted by Crippen LogP contribution is 2.39. The van der Waals surface area contributed by atoms with Gasteiger partial charge in [0.1, 0.15) is 23.5 Å². The molecule has 1 N–H and O–H groups in total. The van der Waals surface area contributed by atoms with E-state index in [9.17, 15) is 9.18 Å². The summed E-state index contributed by atoms with van der Waals surface area (Å²) in [5.74, 6) is 0.569. The first-order valence-electron chi connectivity index (χ1n) is 9.21. The standard InChI is InChI=1S/C19H21FN6O2/c1-3-21-18(27)14-10-23-26-11-22-19(24-17(14)26)25-8-4-5-15(25)13-9-12(20)6-7-16(13)28-2/h6-7,9-11,15H,3-5,8H2,1-2H3,(H,21,27)/t15-/m1/s1. The van der Waals surface area contributed by atoms with E-state index in [1.807, 2.05) is 11.8 Å². The highest BCUT2D eigenvalue weighted by atomic mass is 19.1. The molecule has 3 heterocycles. The van der Waals surface area contributed by atoms with Gasteiger partial charge in [-0.15, -0.1) is 0 Å². The van der Waals surface area contributed by atoms with E-state index >= 15 is 0 Å². The average molecular weight is 384 g/mol. The molecule has 1 amide bonds. The van der Waals surface area contributed by atoms with Crippen LogP contribution in [0, 0.1) is 5.82 Å². The van der Waals surface area contributed by atoms with Crippen molar-refractivity contribution < 1.29 is 13.9 Å². The summed E-state index contributed by atoms with van der Waals surface area (Å²) in [5, 5.41) is 6.91. The number of anilines is 1. The maximum atomic E-state index is 13.9. The van der Waals surface area contributed by atoms with Gasteiger partial charge in [0.2, 0.25) is 5.95 Å². The number of rotatable bonds is 5. The van der Waals surface area contributed by atoms with E-state index in [-0.39, 0.29) is 17.8 Å². The van der Waals surface area contributed by atoms with Crippen LogP contribution < -0.4 is 15.0 Å². The van der Waals surface area contributed by atoms with Crippen LogP contribution in [0.1, 0.15) is 41.7 Å². The van der Waals surface area contributed by atoms with Crippen LogP contribution in [0.15, 0.2) is 30.7 Å². The number of nitrogens with zero attached hydrogens (tertiary/aromatic N) is 5. The van der Waals surface area contributed by atoms with Gasteiger partial charge in [-0.1, -0.05) is 0 Å². The van der Waals surface area contributed by atoms with Gasteiger partial charge in [0.05, 0.1) is 19.3 Å². The van der Waals surface area contributed by atoms with Crippen molar-refractivity contribution in [2.45, 2.75) is 25.8 Å². The second kappa shape index (κ2) is 7.41. The van der Waals surface area contributed by atoms with Crippen molar-refractivity contribution in [3.63, 3.8) is 0 Å². The summed E-state index contributed by atoms with van der Waals surface area (Å²) in [6.07, 6.45) is 4.77. The number of nitrogens with one attached hydrogen (secondary N) is 1. The predicted octanol–water partition coefficient (Wildman–Crippen LogP) is 2.36. The van der Waals surface area contributed by atoms with E-state index in [4.69, 9.17) is 4.74 Å². The molecule has 0 bridgehead atoms. The van der Waals surface area contributed by atoms with Gasteiger partial charge in [-0.2, -0.15) is 10.1 Å². The predicted molar refractivity (Wildman–Crippen MR) is 101 cm³/mol. The fourth-order valence-corrected chi connectivity index (χ4v) is 3.63. The molecule has 1 aliphatic rings. The Morgan fingerprint density at radius 3 is 3.07 bits per heavy atom. The molecule has 1 atom stereocenters.